The van der Waals surface area contributed by atoms with Crippen molar-refractivity contribution in [1.29, 1.82) is 0 Å². The number of carbonyl (C=O) groups excluding carboxylic acids is 1. The molecule has 1 atom stereocenters. The van der Waals surface area contributed by atoms with Gasteiger partial charge in [-0.3, -0.25) is 9.78 Å². The molecule has 43 heavy (non-hydrogen) atoms. The number of fused-ring (bicyclic) bond motifs is 1. The normalized spacial score (nSPS) is 18.1. The van der Waals surface area contributed by atoms with Gasteiger partial charge in [0.15, 0.2) is 5.65 Å². The van der Waals surface area contributed by atoms with E-state index in [1.165, 1.54) is 0 Å². The predicted octanol–water partition coefficient (Wildman–Crippen LogP) is 3.40. The van der Waals surface area contributed by atoms with Crippen LogP contribution in [0.3, 0.4) is 0 Å². The molecular weight excluding hydrogens is 542 g/mol. The van der Waals surface area contributed by atoms with Crippen molar-refractivity contribution in [2.75, 3.05) is 61.4 Å². The maximum Gasteiger partial charge on any atom is 0.271 e. The van der Waals surface area contributed by atoms with E-state index in [0.29, 0.717) is 23.4 Å². The zero-order chi connectivity index (χ0) is 30.0. The molecule has 0 radical (unpaired) electrons. The standard InChI is InChI=1S/C31H39N11O/c1-31(2,3)25-19-34-24(18-35-25)30(43)37-21-6-5-11-42(20-21)27-16-23(28-29(39-27)33-10-9-32-28)38-26-8-7-22(17-36-26)41-14-12-40(4)13-15-41/h7-10,16-19,21H,5-6,11-15,20H2,1-4H3,(H,37,43)(H,33,36,38,39). The molecule has 4 aromatic rings. The third-order valence-electron chi connectivity index (χ3n) is 8.04. The minimum atomic E-state index is -0.217. The minimum absolute atomic E-state index is 0.0510. The van der Waals surface area contributed by atoms with Crippen LogP contribution in [0, 0.1) is 0 Å². The molecule has 12 nitrogen and oxygen atoms in total. The molecule has 224 valence electrons. The lowest BCUT2D eigenvalue weighted by Gasteiger charge is -2.34. The summed E-state index contributed by atoms with van der Waals surface area (Å²) in [7, 11) is 2.15. The van der Waals surface area contributed by atoms with Gasteiger partial charge in [0.05, 0.1) is 29.5 Å². The summed E-state index contributed by atoms with van der Waals surface area (Å²) in [4.78, 5) is 47.3. The van der Waals surface area contributed by atoms with Gasteiger partial charge in [0.1, 0.15) is 22.8 Å². The van der Waals surface area contributed by atoms with Gasteiger partial charge in [0.2, 0.25) is 0 Å². The molecule has 1 amide bonds. The van der Waals surface area contributed by atoms with Crippen LogP contribution < -0.4 is 20.4 Å². The lowest BCUT2D eigenvalue weighted by molar-refractivity contribution is 0.0927. The van der Waals surface area contributed by atoms with Crippen molar-refractivity contribution in [3.05, 3.63) is 60.6 Å². The summed E-state index contributed by atoms with van der Waals surface area (Å²) in [5, 5.41) is 6.60. The first-order valence-corrected chi connectivity index (χ1v) is 14.9. The molecule has 2 fully saturated rings. The SMILES string of the molecule is CN1CCN(c2ccc(Nc3cc(N4CCCC(NC(=O)c5cnc(C(C)(C)C)cn5)C4)nc4nccnc34)nc2)CC1. The predicted molar refractivity (Wildman–Crippen MR) is 168 cm³/mol. The number of nitrogens with zero attached hydrogens (tertiary/aromatic N) is 9. The van der Waals surface area contributed by atoms with Crippen LogP contribution >= 0.6 is 0 Å². The van der Waals surface area contributed by atoms with E-state index in [-0.39, 0.29) is 17.4 Å². The van der Waals surface area contributed by atoms with Crippen LogP contribution in [0.15, 0.2) is 49.2 Å². The molecule has 1 unspecified atom stereocenters. The molecule has 12 heteroatoms. The first kappa shape index (κ1) is 28.7. The zero-order valence-electron chi connectivity index (χ0n) is 25.3. The van der Waals surface area contributed by atoms with Gasteiger partial charge in [0.25, 0.3) is 5.91 Å². The Kier molecular flexibility index (Phi) is 8.02. The number of anilines is 4. The molecule has 4 aromatic heterocycles. The van der Waals surface area contributed by atoms with Gasteiger partial charge in [-0.2, -0.15) is 0 Å². The quantitative estimate of drug-likeness (QED) is 0.348. The Bertz CT molecular complexity index is 1560. The molecule has 6 rings (SSSR count). The molecule has 0 spiro atoms. The van der Waals surface area contributed by atoms with Crippen LogP contribution in [0.5, 0.6) is 0 Å². The highest BCUT2D eigenvalue weighted by molar-refractivity contribution is 5.92. The number of rotatable bonds is 6. The highest BCUT2D eigenvalue weighted by atomic mass is 16.2. The van der Waals surface area contributed by atoms with Crippen molar-refractivity contribution in [2.24, 2.45) is 0 Å². The molecule has 6 heterocycles. The Balaban J connectivity index is 1.17. The lowest BCUT2D eigenvalue weighted by atomic mass is 9.93. The van der Waals surface area contributed by atoms with E-state index >= 15 is 0 Å². The van der Waals surface area contributed by atoms with Gasteiger partial charge in [-0.1, -0.05) is 20.8 Å². The van der Waals surface area contributed by atoms with Crippen LogP contribution in [0.2, 0.25) is 0 Å². The van der Waals surface area contributed by atoms with Gasteiger partial charge >= 0.3 is 0 Å². The monoisotopic (exact) mass is 581 g/mol. The van der Waals surface area contributed by atoms with E-state index in [1.807, 2.05) is 18.3 Å². The van der Waals surface area contributed by atoms with Crippen molar-refractivity contribution < 1.29 is 4.79 Å². The highest BCUT2D eigenvalue weighted by Crippen LogP contribution is 2.29. The molecule has 2 N–H and O–H groups in total. The van der Waals surface area contributed by atoms with Crippen LogP contribution in [0.25, 0.3) is 11.2 Å². The van der Waals surface area contributed by atoms with Crippen LogP contribution in [0.1, 0.15) is 49.8 Å². The minimum Gasteiger partial charge on any atom is -0.368 e. The topological polar surface area (TPSA) is 128 Å². The van der Waals surface area contributed by atoms with Crippen LogP contribution in [0.4, 0.5) is 23.0 Å². The molecule has 2 aliphatic heterocycles. The Labute approximate surface area is 252 Å². The van der Waals surface area contributed by atoms with E-state index in [0.717, 1.165) is 74.3 Å². The summed E-state index contributed by atoms with van der Waals surface area (Å²) in [6.45, 7) is 11.7. The van der Waals surface area contributed by atoms with Crippen LogP contribution in [-0.2, 0) is 5.41 Å². The van der Waals surface area contributed by atoms with E-state index in [2.05, 4.69) is 79.2 Å². The lowest BCUT2D eigenvalue weighted by Crippen LogP contribution is -2.48. The first-order chi connectivity index (χ1) is 20.7. The number of pyridine rings is 2. The summed E-state index contributed by atoms with van der Waals surface area (Å²) in [6, 6.07) is 6.05. The Hall–Kier alpha value is -4.45. The molecule has 0 aliphatic carbocycles. The average Bonchev–Trinajstić information content (AvgIpc) is 3.01. The van der Waals surface area contributed by atoms with Crippen LogP contribution in [-0.4, -0.2) is 93.1 Å². The van der Waals surface area contributed by atoms with E-state index in [4.69, 9.17) is 9.97 Å². The summed E-state index contributed by atoms with van der Waals surface area (Å²) >= 11 is 0. The number of carbonyl (C=O) groups is 1. The third-order valence-corrected chi connectivity index (χ3v) is 8.04. The maximum atomic E-state index is 13.0. The Morgan fingerprint density at radius 1 is 0.907 bits per heavy atom. The number of piperazine rings is 1. The fourth-order valence-corrected chi connectivity index (χ4v) is 5.44. The fourth-order valence-electron chi connectivity index (χ4n) is 5.44. The number of amides is 1. The van der Waals surface area contributed by atoms with Gasteiger partial charge in [-0.15, -0.1) is 0 Å². The van der Waals surface area contributed by atoms with Gasteiger partial charge < -0.3 is 25.3 Å². The van der Waals surface area contributed by atoms with E-state index in [9.17, 15) is 4.79 Å². The molecule has 0 aromatic carbocycles. The van der Waals surface area contributed by atoms with Crippen molar-refractivity contribution in [1.82, 2.24) is 40.1 Å². The summed E-state index contributed by atoms with van der Waals surface area (Å²) in [5.74, 6) is 1.28. The van der Waals surface area contributed by atoms with Gasteiger partial charge in [0, 0.05) is 75.4 Å². The summed E-state index contributed by atoms with van der Waals surface area (Å²) in [6.07, 6.45) is 10.3. The third kappa shape index (κ3) is 6.64. The van der Waals surface area contributed by atoms with Crippen molar-refractivity contribution in [3.8, 4) is 0 Å². The van der Waals surface area contributed by atoms with Crippen molar-refractivity contribution >= 4 is 40.1 Å². The smallest absolute Gasteiger partial charge is 0.271 e. The summed E-state index contributed by atoms with van der Waals surface area (Å²) in [5.41, 5.74) is 4.18. The number of aromatic nitrogens is 6. The second-order valence-electron chi connectivity index (χ2n) is 12.4. The van der Waals surface area contributed by atoms with Gasteiger partial charge in [-0.25, -0.2) is 24.9 Å². The number of piperidine rings is 1. The average molecular weight is 582 g/mol. The fraction of sp³-hybridized carbons (Fsp3) is 0.452. The molecular formula is C31H39N11O. The van der Waals surface area contributed by atoms with E-state index < -0.39 is 0 Å². The largest absolute Gasteiger partial charge is 0.368 e. The molecule has 0 saturated carbocycles. The molecule has 0 bridgehead atoms. The maximum absolute atomic E-state index is 13.0. The number of nitrogens with one attached hydrogen (secondary N) is 2. The van der Waals surface area contributed by atoms with E-state index in [1.54, 1.807) is 24.8 Å². The van der Waals surface area contributed by atoms with Crippen molar-refractivity contribution in [2.45, 2.75) is 45.1 Å². The highest BCUT2D eigenvalue weighted by Gasteiger charge is 2.25. The van der Waals surface area contributed by atoms with Gasteiger partial charge in [-0.05, 0) is 32.0 Å². The second-order valence-corrected chi connectivity index (χ2v) is 12.4. The molecule has 2 aliphatic rings. The van der Waals surface area contributed by atoms with Crippen molar-refractivity contribution in [3.63, 3.8) is 0 Å². The molecule has 2 saturated heterocycles. The Morgan fingerprint density at radius 3 is 2.44 bits per heavy atom. The summed E-state index contributed by atoms with van der Waals surface area (Å²) < 4.78 is 0. The number of likely N-dealkylation sites (N-methyl/N-ethyl adjacent to an activating group) is 1. The number of hydrogen-bond acceptors (Lipinski definition) is 11. The zero-order valence-corrected chi connectivity index (χ0v) is 25.3. The number of hydrogen-bond donors (Lipinski definition) is 2. The Morgan fingerprint density at radius 2 is 1.72 bits per heavy atom. The first-order valence-electron chi connectivity index (χ1n) is 14.9. The second kappa shape index (κ2) is 12.0.